The van der Waals surface area contributed by atoms with Crippen LogP contribution in [-0.2, 0) is 6.54 Å². The van der Waals surface area contributed by atoms with Gasteiger partial charge in [0.1, 0.15) is 5.69 Å². The van der Waals surface area contributed by atoms with E-state index in [-0.39, 0.29) is 5.91 Å². The highest BCUT2D eigenvalue weighted by Crippen LogP contribution is 2.13. The Labute approximate surface area is 128 Å². The summed E-state index contributed by atoms with van der Waals surface area (Å²) in [5, 5.41) is 7.65. The first-order valence-electron chi connectivity index (χ1n) is 6.93. The van der Waals surface area contributed by atoms with Crippen LogP contribution in [0.15, 0.2) is 29.7 Å². The number of nitrogens with zero attached hydrogens (tertiary/aromatic N) is 4. The highest BCUT2D eigenvalue weighted by Gasteiger charge is 2.10. The lowest BCUT2D eigenvalue weighted by molar-refractivity contribution is 0.0946. The Balaban J connectivity index is 1.85. The van der Waals surface area contributed by atoms with Crippen LogP contribution < -0.4 is 5.32 Å². The zero-order chi connectivity index (χ0) is 15.1. The van der Waals surface area contributed by atoms with E-state index in [9.17, 15) is 4.79 Å². The largest absolute Gasteiger partial charge is 0.351 e. The van der Waals surface area contributed by atoms with Crippen LogP contribution in [0.3, 0.4) is 0 Å². The van der Waals surface area contributed by atoms with Gasteiger partial charge in [0.2, 0.25) is 0 Å². The van der Waals surface area contributed by atoms with Crippen molar-refractivity contribution in [3.63, 3.8) is 0 Å². The summed E-state index contributed by atoms with van der Waals surface area (Å²) in [5.74, 6) is 0.730. The van der Waals surface area contributed by atoms with E-state index in [1.54, 1.807) is 12.3 Å². The summed E-state index contributed by atoms with van der Waals surface area (Å²) < 4.78 is 1.84. The Morgan fingerprint density at radius 1 is 1.43 bits per heavy atom. The van der Waals surface area contributed by atoms with Crippen molar-refractivity contribution in [2.75, 3.05) is 12.3 Å². The van der Waals surface area contributed by atoms with Gasteiger partial charge in [-0.25, -0.2) is 9.97 Å². The number of amides is 1. The van der Waals surface area contributed by atoms with Crippen LogP contribution >= 0.6 is 11.8 Å². The third-order valence-corrected chi connectivity index (χ3v) is 3.48. The molecule has 0 atom stereocenters. The second-order valence-corrected chi connectivity index (χ2v) is 5.72. The second-order valence-electron chi connectivity index (χ2n) is 4.49. The van der Waals surface area contributed by atoms with Crippen molar-refractivity contribution in [3.8, 4) is 0 Å². The summed E-state index contributed by atoms with van der Waals surface area (Å²) in [6, 6.07) is 3.59. The van der Waals surface area contributed by atoms with Crippen LogP contribution in [0.25, 0.3) is 0 Å². The Hall–Kier alpha value is -1.89. The van der Waals surface area contributed by atoms with E-state index >= 15 is 0 Å². The van der Waals surface area contributed by atoms with Crippen molar-refractivity contribution in [1.29, 1.82) is 0 Å². The average molecular weight is 305 g/mol. The molecule has 0 fully saturated rings. The van der Waals surface area contributed by atoms with E-state index in [0.717, 1.165) is 24.4 Å². The number of thioether (sulfide) groups is 1. The molecule has 0 unspecified atom stereocenters. The number of nitrogens with one attached hydrogen (secondary N) is 1. The van der Waals surface area contributed by atoms with E-state index in [1.807, 2.05) is 30.8 Å². The molecule has 6 nitrogen and oxygen atoms in total. The first-order valence-corrected chi connectivity index (χ1v) is 7.91. The van der Waals surface area contributed by atoms with Gasteiger partial charge >= 0.3 is 0 Å². The summed E-state index contributed by atoms with van der Waals surface area (Å²) in [7, 11) is 0. The van der Waals surface area contributed by atoms with Gasteiger partial charge in [-0.05, 0) is 31.2 Å². The summed E-state index contributed by atoms with van der Waals surface area (Å²) in [4.78, 5) is 20.7. The lowest BCUT2D eigenvalue weighted by Crippen LogP contribution is -2.26. The number of carbonyl (C=O) groups excluding carboxylic acids is 1. The molecule has 0 radical (unpaired) electrons. The SMILES string of the molecule is CCSc1nc(C)cc(C(=O)NCCCn2cccn2)n1. The topological polar surface area (TPSA) is 72.7 Å². The van der Waals surface area contributed by atoms with Crippen LogP contribution in [0.5, 0.6) is 0 Å². The summed E-state index contributed by atoms with van der Waals surface area (Å²) in [6.45, 7) is 5.28. The number of carbonyl (C=O) groups is 1. The quantitative estimate of drug-likeness (QED) is 0.480. The molecule has 21 heavy (non-hydrogen) atoms. The van der Waals surface area contributed by atoms with Gasteiger partial charge in [0, 0.05) is 31.2 Å². The first-order chi connectivity index (χ1) is 10.2. The van der Waals surface area contributed by atoms with Crippen molar-refractivity contribution in [2.45, 2.75) is 32.0 Å². The third-order valence-electron chi connectivity index (χ3n) is 2.75. The van der Waals surface area contributed by atoms with Gasteiger partial charge in [0.05, 0.1) is 0 Å². The monoisotopic (exact) mass is 305 g/mol. The maximum atomic E-state index is 12.1. The Morgan fingerprint density at radius 3 is 3.00 bits per heavy atom. The van der Waals surface area contributed by atoms with Crippen LogP contribution in [0.4, 0.5) is 0 Å². The van der Waals surface area contributed by atoms with Crippen molar-refractivity contribution in [3.05, 3.63) is 35.9 Å². The molecule has 2 aromatic rings. The molecule has 112 valence electrons. The average Bonchev–Trinajstić information content (AvgIpc) is 2.96. The fourth-order valence-electron chi connectivity index (χ4n) is 1.82. The van der Waals surface area contributed by atoms with Crippen LogP contribution in [0, 0.1) is 6.92 Å². The molecule has 0 saturated carbocycles. The number of hydrogen-bond acceptors (Lipinski definition) is 5. The van der Waals surface area contributed by atoms with Crippen molar-refractivity contribution >= 4 is 17.7 Å². The van der Waals surface area contributed by atoms with E-state index < -0.39 is 0 Å². The minimum atomic E-state index is -0.154. The fourth-order valence-corrected chi connectivity index (χ4v) is 2.45. The van der Waals surface area contributed by atoms with Crippen molar-refractivity contribution in [1.82, 2.24) is 25.1 Å². The van der Waals surface area contributed by atoms with Crippen LogP contribution in [-0.4, -0.2) is 38.0 Å². The van der Waals surface area contributed by atoms with Gasteiger partial charge in [0.15, 0.2) is 5.16 Å². The maximum Gasteiger partial charge on any atom is 0.270 e. The minimum Gasteiger partial charge on any atom is -0.351 e. The smallest absolute Gasteiger partial charge is 0.270 e. The standard InChI is InChI=1S/C14H19N5OS/c1-3-21-14-17-11(2)10-12(18-14)13(20)15-6-4-8-19-9-5-7-16-19/h5,7,9-10H,3-4,6,8H2,1-2H3,(H,15,20). The highest BCUT2D eigenvalue weighted by atomic mass is 32.2. The van der Waals surface area contributed by atoms with E-state index in [1.165, 1.54) is 11.8 Å². The van der Waals surface area contributed by atoms with Crippen molar-refractivity contribution in [2.24, 2.45) is 0 Å². The molecule has 0 aromatic carbocycles. The Bertz CT molecular complexity index is 585. The van der Waals surface area contributed by atoms with Gasteiger partial charge in [-0.3, -0.25) is 9.48 Å². The minimum absolute atomic E-state index is 0.154. The van der Waals surface area contributed by atoms with Gasteiger partial charge in [-0.2, -0.15) is 5.10 Å². The van der Waals surface area contributed by atoms with Gasteiger partial charge < -0.3 is 5.32 Å². The number of rotatable bonds is 7. The van der Waals surface area contributed by atoms with Gasteiger partial charge in [-0.1, -0.05) is 18.7 Å². The molecular formula is C14H19N5OS. The second kappa shape index (κ2) is 7.78. The number of hydrogen-bond donors (Lipinski definition) is 1. The number of aromatic nitrogens is 4. The fraction of sp³-hybridized carbons (Fsp3) is 0.429. The molecule has 0 spiro atoms. The Morgan fingerprint density at radius 2 is 2.29 bits per heavy atom. The first kappa shape index (κ1) is 15.5. The summed E-state index contributed by atoms with van der Waals surface area (Å²) in [6.07, 6.45) is 4.48. The van der Waals surface area contributed by atoms with Gasteiger partial charge in [-0.15, -0.1) is 0 Å². The number of aryl methyl sites for hydroxylation is 2. The third kappa shape index (κ3) is 4.86. The summed E-state index contributed by atoms with van der Waals surface area (Å²) >= 11 is 1.53. The van der Waals surface area contributed by atoms with Crippen LogP contribution in [0.1, 0.15) is 29.5 Å². The molecule has 0 aliphatic carbocycles. The normalized spacial score (nSPS) is 10.6. The van der Waals surface area contributed by atoms with E-state index in [2.05, 4.69) is 20.4 Å². The predicted octanol–water partition coefficient (Wildman–Crippen LogP) is 1.91. The molecule has 1 amide bonds. The lowest BCUT2D eigenvalue weighted by atomic mass is 10.3. The molecule has 1 N–H and O–H groups in total. The van der Waals surface area contributed by atoms with E-state index in [4.69, 9.17) is 0 Å². The van der Waals surface area contributed by atoms with Gasteiger partial charge in [0.25, 0.3) is 5.91 Å². The molecular weight excluding hydrogens is 286 g/mol. The molecule has 2 heterocycles. The Kier molecular flexibility index (Phi) is 5.74. The molecule has 2 aromatic heterocycles. The maximum absolute atomic E-state index is 12.1. The van der Waals surface area contributed by atoms with Crippen LogP contribution in [0.2, 0.25) is 0 Å². The summed E-state index contributed by atoms with van der Waals surface area (Å²) in [5.41, 5.74) is 1.24. The van der Waals surface area contributed by atoms with Crippen molar-refractivity contribution < 1.29 is 4.79 Å². The zero-order valence-electron chi connectivity index (χ0n) is 12.2. The predicted molar refractivity (Wildman–Crippen MR) is 82.3 cm³/mol. The molecule has 2 rings (SSSR count). The molecule has 0 bridgehead atoms. The highest BCUT2D eigenvalue weighted by molar-refractivity contribution is 7.99. The molecule has 7 heteroatoms. The van der Waals surface area contributed by atoms with E-state index in [0.29, 0.717) is 17.4 Å². The molecule has 0 aliphatic heterocycles. The molecule has 0 aliphatic rings. The lowest BCUT2D eigenvalue weighted by Gasteiger charge is -2.07. The molecule has 0 saturated heterocycles. The zero-order valence-corrected chi connectivity index (χ0v) is 13.1.